The number of hydrogen-bond donors (Lipinski definition) is 0. The van der Waals surface area contributed by atoms with E-state index in [1.807, 2.05) is 0 Å². The van der Waals surface area contributed by atoms with E-state index in [0.717, 1.165) is 25.0 Å². The highest BCUT2D eigenvalue weighted by Crippen LogP contribution is 2.24. The van der Waals surface area contributed by atoms with Crippen LogP contribution in [0.1, 0.15) is 26.2 Å². The van der Waals surface area contributed by atoms with Gasteiger partial charge in [-0.3, -0.25) is 0 Å². The van der Waals surface area contributed by atoms with Gasteiger partial charge in [-0.15, -0.1) is 0 Å². The van der Waals surface area contributed by atoms with Gasteiger partial charge in [-0.05, 0) is 31.1 Å². The Morgan fingerprint density at radius 2 is 2.00 bits per heavy atom. The second-order valence-corrected chi connectivity index (χ2v) is 6.51. The summed E-state index contributed by atoms with van der Waals surface area (Å²) in [5, 5.41) is 0. The van der Waals surface area contributed by atoms with Gasteiger partial charge in [-0.25, -0.2) is 0 Å². The molecule has 2 fully saturated rings. The molecular weight excluding hydrogens is 254 g/mol. The maximum Gasteiger partial charge on any atom is 0.0469 e. The van der Waals surface area contributed by atoms with Gasteiger partial charge in [0.05, 0.1) is 0 Å². The molecule has 2 rings (SSSR count). The molecule has 0 aromatic heterocycles. The van der Waals surface area contributed by atoms with Gasteiger partial charge < -0.3 is 9.64 Å². The van der Waals surface area contributed by atoms with Crippen molar-refractivity contribution in [2.45, 2.75) is 31.0 Å². The van der Waals surface area contributed by atoms with Crippen LogP contribution in [0.25, 0.3) is 0 Å². The van der Waals surface area contributed by atoms with Crippen LogP contribution in [-0.2, 0) is 4.74 Å². The topological polar surface area (TPSA) is 12.5 Å². The van der Waals surface area contributed by atoms with Crippen LogP contribution in [0.5, 0.6) is 0 Å². The third-order valence-electron chi connectivity index (χ3n) is 3.54. The quantitative estimate of drug-likeness (QED) is 0.719. The molecule has 2 aliphatic rings. The fraction of sp³-hybridized carbons (Fsp3) is 1.00. The minimum absolute atomic E-state index is 0.709. The first-order valence-corrected chi connectivity index (χ1v) is 7.10. The van der Waals surface area contributed by atoms with Crippen LogP contribution >= 0.6 is 15.9 Å². The van der Waals surface area contributed by atoms with E-state index in [-0.39, 0.29) is 0 Å². The second kappa shape index (κ2) is 5.65. The Balaban J connectivity index is 1.77. The number of ether oxygens (including phenoxy) is 1. The zero-order valence-corrected chi connectivity index (χ0v) is 11.2. The Bertz CT molecular complexity index is 184. The predicted octanol–water partition coefficient (Wildman–Crippen LogP) is 2.52. The highest BCUT2D eigenvalue weighted by atomic mass is 79.9. The lowest BCUT2D eigenvalue weighted by Gasteiger charge is -2.37. The van der Waals surface area contributed by atoms with Gasteiger partial charge in [0, 0.05) is 37.7 Å². The lowest BCUT2D eigenvalue weighted by molar-refractivity contribution is 0.0469. The lowest BCUT2D eigenvalue weighted by atomic mass is 9.95. The maximum absolute atomic E-state index is 5.40. The van der Waals surface area contributed by atoms with Crippen molar-refractivity contribution in [2.75, 3.05) is 32.8 Å². The average Bonchev–Trinajstić information content (AvgIpc) is 2.17. The molecule has 2 aliphatic heterocycles. The van der Waals surface area contributed by atoms with Gasteiger partial charge in [0.25, 0.3) is 0 Å². The summed E-state index contributed by atoms with van der Waals surface area (Å²) >= 11 is 3.77. The normalized spacial score (nSPS) is 35.6. The molecule has 3 heteroatoms. The summed E-state index contributed by atoms with van der Waals surface area (Å²) in [7, 11) is 0. The van der Waals surface area contributed by atoms with Gasteiger partial charge in [0.1, 0.15) is 0 Å². The van der Waals surface area contributed by atoms with Crippen molar-refractivity contribution in [1.29, 1.82) is 0 Å². The Kier molecular flexibility index (Phi) is 4.47. The van der Waals surface area contributed by atoms with Gasteiger partial charge >= 0.3 is 0 Å². The molecule has 2 unspecified atom stereocenters. The monoisotopic (exact) mass is 275 g/mol. The summed E-state index contributed by atoms with van der Waals surface area (Å²) < 4.78 is 5.40. The van der Waals surface area contributed by atoms with E-state index >= 15 is 0 Å². The van der Waals surface area contributed by atoms with Crippen molar-refractivity contribution in [1.82, 2.24) is 4.90 Å². The molecule has 0 amide bonds. The first-order valence-electron chi connectivity index (χ1n) is 6.18. The molecule has 88 valence electrons. The molecule has 0 spiro atoms. The van der Waals surface area contributed by atoms with E-state index in [4.69, 9.17) is 4.74 Å². The smallest absolute Gasteiger partial charge is 0.0469 e. The molecule has 0 radical (unpaired) electrons. The van der Waals surface area contributed by atoms with Gasteiger partial charge in [0.2, 0.25) is 0 Å². The summed E-state index contributed by atoms with van der Waals surface area (Å²) in [6, 6.07) is 0. The Hall–Kier alpha value is 0.400. The molecule has 2 saturated heterocycles. The zero-order valence-electron chi connectivity index (χ0n) is 9.62. The van der Waals surface area contributed by atoms with Crippen LogP contribution in [-0.4, -0.2) is 42.6 Å². The minimum Gasteiger partial charge on any atom is -0.381 e. The van der Waals surface area contributed by atoms with E-state index in [1.54, 1.807) is 0 Å². The molecule has 0 aliphatic carbocycles. The summed E-state index contributed by atoms with van der Waals surface area (Å²) in [6.45, 7) is 8.14. The predicted molar refractivity (Wildman–Crippen MR) is 66.5 cm³/mol. The first kappa shape index (κ1) is 11.9. The average molecular weight is 276 g/mol. The van der Waals surface area contributed by atoms with Crippen molar-refractivity contribution in [3.05, 3.63) is 0 Å². The number of rotatable bonds is 2. The molecule has 2 atom stereocenters. The summed E-state index contributed by atoms with van der Waals surface area (Å²) in [4.78, 5) is 3.35. The van der Waals surface area contributed by atoms with Crippen molar-refractivity contribution < 1.29 is 4.74 Å². The van der Waals surface area contributed by atoms with Gasteiger partial charge in [-0.2, -0.15) is 0 Å². The van der Waals surface area contributed by atoms with E-state index in [0.29, 0.717) is 4.83 Å². The highest BCUT2D eigenvalue weighted by molar-refractivity contribution is 9.09. The van der Waals surface area contributed by atoms with Gasteiger partial charge in [-0.1, -0.05) is 22.9 Å². The van der Waals surface area contributed by atoms with Gasteiger partial charge in [0.15, 0.2) is 0 Å². The van der Waals surface area contributed by atoms with Crippen LogP contribution in [0.2, 0.25) is 0 Å². The molecule has 0 bridgehead atoms. The van der Waals surface area contributed by atoms with E-state index in [9.17, 15) is 0 Å². The van der Waals surface area contributed by atoms with Crippen LogP contribution in [0.3, 0.4) is 0 Å². The van der Waals surface area contributed by atoms with Crippen molar-refractivity contribution in [2.24, 2.45) is 11.8 Å². The number of hydrogen-bond acceptors (Lipinski definition) is 2. The summed E-state index contributed by atoms with van der Waals surface area (Å²) in [6.07, 6.45) is 3.86. The third-order valence-corrected chi connectivity index (χ3v) is 4.20. The number of halogens is 1. The molecular formula is C12H22BrNO. The highest BCUT2D eigenvalue weighted by Gasteiger charge is 2.25. The van der Waals surface area contributed by atoms with Crippen LogP contribution in [0.15, 0.2) is 0 Å². The van der Waals surface area contributed by atoms with Crippen molar-refractivity contribution >= 4 is 15.9 Å². The first-order chi connectivity index (χ1) is 7.24. The van der Waals surface area contributed by atoms with Crippen molar-refractivity contribution in [3.8, 4) is 0 Å². The lowest BCUT2D eigenvalue weighted by Crippen LogP contribution is -2.43. The van der Waals surface area contributed by atoms with E-state index < -0.39 is 0 Å². The fourth-order valence-corrected chi connectivity index (χ4v) is 3.87. The van der Waals surface area contributed by atoms with E-state index in [2.05, 4.69) is 27.8 Å². The molecule has 2 nitrogen and oxygen atoms in total. The van der Waals surface area contributed by atoms with E-state index in [1.165, 1.54) is 38.9 Å². The summed E-state index contributed by atoms with van der Waals surface area (Å²) in [5.74, 6) is 1.73. The largest absolute Gasteiger partial charge is 0.381 e. The number of alkyl halides is 1. The second-order valence-electron chi connectivity index (χ2n) is 5.21. The molecule has 0 saturated carbocycles. The summed E-state index contributed by atoms with van der Waals surface area (Å²) in [5.41, 5.74) is 0. The Morgan fingerprint density at radius 3 is 2.67 bits per heavy atom. The number of likely N-dealkylation sites (tertiary alicyclic amines) is 1. The minimum atomic E-state index is 0.709. The SMILES string of the molecule is CC1CC(Br)CN(CC2CCOCC2)C1. The number of piperidine rings is 1. The maximum atomic E-state index is 5.40. The zero-order chi connectivity index (χ0) is 10.7. The molecule has 0 aromatic carbocycles. The standard InChI is InChI=1S/C12H22BrNO/c1-10-6-12(13)9-14(7-10)8-11-2-4-15-5-3-11/h10-12H,2-9H2,1H3. The molecule has 15 heavy (non-hydrogen) atoms. The molecule has 0 N–H and O–H groups in total. The Labute approximate surface area is 101 Å². The molecule has 0 aromatic rings. The van der Waals surface area contributed by atoms with Crippen LogP contribution in [0, 0.1) is 11.8 Å². The molecule has 2 heterocycles. The third kappa shape index (κ3) is 3.72. The van der Waals surface area contributed by atoms with Crippen LogP contribution < -0.4 is 0 Å². The van der Waals surface area contributed by atoms with Crippen molar-refractivity contribution in [3.63, 3.8) is 0 Å². The fourth-order valence-electron chi connectivity index (χ4n) is 2.82. The Morgan fingerprint density at radius 1 is 1.27 bits per heavy atom. The number of nitrogens with zero attached hydrogens (tertiary/aromatic N) is 1. The van der Waals surface area contributed by atoms with Crippen LogP contribution in [0.4, 0.5) is 0 Å².